The number of anilines is 8. The second-order valence-electron chi connectivity index (χ2n) is 29.5. The van der Waals surface area contributed by atoms with E-state index in [9.17, 15) is 78.4 Å². The molecule has 8 heterocycles. The first-order valence-electron chi connectivity index (χ1n) is 38.9. The average Bonchev–Trinajstić information content (AvgIpc) is 1.58. The number of halogens is 13. The molecule has 16 rings (SSSR count). The lowest BCUT2D eigenvalue weighted by atomic mass is 10.0. The van der Waals surface area contributed by atoms with Crippen molar-refractivity contribution in [3.8, 4) is 68.0 Å². The number of nitrogens with zero attached hydrogens (tertiary/aromatic N) is 8. The number of alkyl halides is 12. The van der Waals surface area contributed by atoms with Crippen LogP contribution in [0.4, 0.5) is 89.4 Å². The molecule has 0 spiro atoms. The summed E-state index contributed by atoms with van der Waals surface area (Å²) in [7, 11) is 0. The zero-order valence-electron chi connectivity index (χ0n) is 66.5. The SMILES string of the molecule is Cc1cc(-c2cc(C(=O)Nc3ccc(OC(F)(F)Cl)cc3)ccc2N2CC[C@@H](C)C2)n[nH]1.O=C(Nc1ccc(OC(F)(F)Cl)cc1)c1ccc(N2CC[C@@H](O)C2)c(-c2[nH]ncc2F)c1.O=C(Nc1ccc(OC(F)(F)Cl)cc1)c1ccc(N2CC[C@@H](O)C2)c(-c2ccn[nH]2)c1.O=C(Nc1ccc(OC(F)(F)F)cc1)c1ccc(N2CC[C@@H](O)C2)c(-c2ccn[nH]2)c1. The average molecular weight is 1810 g/mol. The third-order valence-corrected chi connectivity index (χ3v) is 20.4. The monoisotopic (exact) mass is 1810 g/mol. The number of aryl methyl sites for hydroxylation is 1. The molecule has 8 aromatic carbocycles. The molecule has 0 aliphatic carbocycles. The molecule has 0 saturated carbocycles. The zero-order chi connectivity index (χ0) is 89.8. The Labute approximate surface area is 726 Å². The number of aliphatic hydroxyl groups excluding tert-OH is 3. The Balaban J connectivity index is 0.000000144. The van der Waals surface area contributed by atoms with Gasteiger partial charge in [-0.25, -0.2) is 4.39 Å². The molecule has 660 valence electrons. The first-order chi connectivity index (χ1) is 59.9. The Morgan fingerprint density at radius 2 is 0.730 bits per heavy atom. The molecule has 0 unspecified atom stereocenters. The first kappa shape index (κ1) is 90.7. The van der Waals surface area contributed by atoms with Crippen molar-refractivity contribution in [3.63, 3.8) is 0 Å². The number of benzene rings is 8. The molecule has 4 aliphatic rings. The predicted molar refractivity (Wildman–Crippen MR) is 454 cm³/mol. The fraction of sp³-hybridized carbons (Fsp3) is 0.256. The van der Waals surface area contributed by atoms with Gasteiger partial charge in [0.05, 0.1) is 41.6 Å². The van der Waals surface area contributed by atoms with Crippen LogP contribution in [0.5, 0.6) is 23.0 Å². The highest BCUT2D eigenvalue weighted by Gasteiger charge is 2.34. The first-order valence-corrected chi connectivity index (χ1v) is 40.1. The van der Waals surface area contributed by atoms with E-state index < -0.39 is 52.9 Å². The minimum absolute atomic E-state index is 0.108. The van der Waals surface area contributed by atoms with E-state index >= 15 is 0 Å². The van der Waals surface area contributed by atoms with Gasteiger partial charge in [0.2, 0.25) is 0 Å². The quantitative estimate of drug-likeness (QED) is 0.0209. The van der Waals surface area contributed by atoms with Crippen molar-refractivity contribution in [1.82, 2.24) is 40.8 Å². The van der Waals surface area contributed by atoms with Crippen LogP contribution in [0.15, 0.2) is 207 Å². The van der Waals surface area contributed by atoms with E-state index in [4.69, 9.17) is 34.8 Å². The fourth-order valence-electron chi connectivity index (χ4n) is 14.3. The third-order valence-electron chi connectivity index (χ3n) is 20.1. The molecule has 11 N–H and O–H groups in total. The maximum absolute atomic E-state index is 14.3. The molecule has 40 heteroatoms. The van der Waals surface area contributed by atoms with Crippen molar-refractivity contribution in [3.05, 3.63) is 240 Å². The van der Waals surface area contributed by atoms with Crippen molar-refractivity contribution in [2.24, 2.45) is 5.92 Å². The number of hydrogen-bond donors (Lipinski definition) is 11. The lowest BCUT2D eigenvalue weighted by molar-refractivity contribution is -0.274. The van der Waals surface area contributed by atoms with Gasteiger partial charge >= 0.3 is 23.1 Å². The van der Waals surface area contributed by atoms with Gasteiger partial charge in [-0.2, -0.15) is 20.4 Å². The van der Waals surface area contributed by atoms with Crippen LogP contribution in [-0.4, -0.2) is 173 Å². The largest absolute Gasteiger partial charge is 0.573 e. The van der Waals surface area contributed by atoms with Gasteiger partial charge in [0.1, 0.15) is 28.7 Å². The van der Waals surface area contributed by atoms with Gasteiger partial charge in [-0.1, -0.05) is 6.92 Å². The number of carbonyl (C=O) groups is 4. The van der Waals surface area contributed by atoms with Gasteiger partial charge < -0.3 is 75.1 Å². The zero-order valence-corrected chi connectivity index (χ0v) is 68.8. The van der Waals surface area contributed by atoms with Crippen LogP contribution >= 0.6 is 34.8 Å². The molecule has 4 saturated heterocycles. The van der Waals surface area contributed by atoms with Crippen LogP contribution in [0.3, 0.4) is 0 Å². The number of H-pyrrole nitrogens is 4. The van der Waals surface area contributed by atoms with Crippen LogP contribution < -0.4 is 59.8 Å². The molecule has 126 heavy (non-hydrogen) atoms. The Bertz CT molecular complexity index is 5560. The molecule has 4 amide bonds. The number of aliphatic hydroxyl groups is 3. The number of aromatic nitrogens is 8. The summed E-state index contributed by atoms with van der Waals surface area (Å²) in [4.78, 5) is 59.5. The Kier molecular flexibility index (Phi) is 28.4. The van der Waals surface area contributed by atoms with E-state index in [1.807, 2.05) is 47.1 Å². The minimum atomic E-state index is -4.78. The molecular weight excluding hydrogens is 1730 g/mol. The van der Waals surface area contributed by atoms with Crippen LogP contribution in [0.1, 0.15) is 79.7 Å². The maximum atomic E-state index is 14.3. The number of amides is 4. The van der Waals surface area contributed by atoms with Crippen molar-refractivity contribution in [2.75, 3.05) is 93.2 Å². The predicted octanol–water partition coefficient (Wildman–Crippen LogP) is 17.7. The smallest absolute Gasteiger partial charge is 0.420 e. The van der Waals surface area contributed by atoms with Crippen molar-refractivity contribution in [1.29, 1.82) is 0 Å². The Hall–Kier alpha value is -13.1. The Morgan fingerprint density at radius 3 is 1.02 bits per heavy atom. The fourth-order valence-corrected chi connectivity index (χ4v) is 14.6. The van der Waals surface area contributed by atoms with E-state index in [0.29, 0.717) is 115 Å². The van der Waals surface area contributed by atoms with Gasteiger partial charge in [0.15, 0.2) is 5.82 Å². The maximum Gasteiger partial charge on any atom is 0.573 e. The van der Waals surface area contributed by atoms with E-state index in [0.717, 1.165) is 94.4 Å². The Morgan fingerprint density at radius 1 is 0.405 bits per heavy atom. The molecular formula is C86H79Cl3F10N16O11. The van der Waals surface area contributed by atoms with Crippen molar-refractivity contribution < 1.29 is 97.3 Å². The van der Waals surface area contributed by atoms with Gasteiger partial charge in [0, 0.05) is 195 Å². The van der Waals surface area contributed by atoms with E-state index in [1.165, 1.54) is 91.0 Å². The molecule has 4 aliphatic heterocycles. The third kappa shape index (κ3) is 24.9. The lowest BCUT2D eigenvalue weighted by Gasteiger charge is -2.22. The molecule has 0 radical (unpaired) electrons. The van der Waals surface area contributed by atoms with Gasteiger partial charge in [0.25, 0.3) is 23.6 Å². The highest BCUT2D eigenvalue weighted by Crippen LogP contribution is 2.41. The lowest BCUT2D eigenvalue weighted by Crippen LogP contribution is -2.22. The van der Waals surface area contributed by atoms with Gasteiger partial charge in [-0.3, -0.25) is 39.6 Å². The summed E-state index contributed by atoms with van der Waals surface area (Å²) in [6.07, 6.45) is 1.28. The van der Waals surface area contributed by atoms with Crippen LogP contribution in [0.2, 0.25) is 0 Å². The van der Waals surface area contributed by atoms with Crippen LogP contribution in [-0.2, 0) is 0 Å². The van der Waals surface area contributed by atoms with E-state index in [1.54, 1.807) is 67.0 Å². The van der Waals surface area contributed by atoms with Gasteiger partial charge in [-0.05, 0) is 227 Å². The summed E-state index contributed by atoms with van der Waals surface area (Å²) in [5, 5.41) is 67.9. The van der Waals surface area contributed by atoms with E-state index in [-0.39, 0.29) is 52.2 Å². The summed E-state index contributed by atoms with van der Waals surface area (Å²) < 4.78 is 144. The second-order valence-corrected chi connectivity index (χ2v) is 30.8. The van der Waals surface area contributed by atoms with Gasteiger partial charge in [-0.15, -0.1) is 39.5 Å². The summed E-state index contributed by atoms with van der Waals surface area (Å²) >= 11 is 14.2. The van der Waals surface area contributed by atoms with Crippen LogP contribution in [0.25, 0.3) is 45.0 Å². The number of aromatic amines is 4. The van der Waals surface area contributed by atoms with Crippen LogP contribution in [0, 0.1) is 18.7 Å². The number of β-amino-alcohol motifs (C(OH)–C–C–N with tert-alkyl or cyclic N) is 3. The number of rotatable bonds is 23. The number of ether oxygens (including phenoxy) is 4. The molecule has 27 nitrogen and oxygen atoms in total. The number of hydrogen-bond acceptors (Lipinski definition) is 19. The summed E-state index contributed by atoms with van der Waals surface area (Å²) in [6, 6.07) is 47.5. The topological polar surface area (TPSA) is 342 Å². The normalized spacial score (nSPS) is 16.3. The summed E-state index contributed by atoms with van der Waals surface area (Å²) in [5.41, 5.74) is 1.15. The highest BCUT2D eigenvalue weighted by atomic mass is 35.5. The second kappa shape index (κ2) is 39.4. The number of carbonyl (C=O) groups excluding carboxylic acids is 4. The number of nitrogens with one attached hydrogen (secondary N) is 8. The van der Waals surface area contributed by atoms with E-state index in [2.05, 4.69) is 97.7 Å². The summed E-state index contributed by atoms with van der Waals surface area (Å²) in [5.74, 6) is -2.34. The van der Waals surface area contributed by atoms with Crippen molar-refractivity contribution >= 4 is 104 Å². The molecule has 4 fully saturated rings. The molecule has 0 bridgehead atoms. The molecule has 4 aromatic heterocycles. The molecule has 12 aromatic rings. The molecule has 4 atom stereocenters. The van der Waals surface area contributed by atoms with Crippen molar-refractivity contribution in [2.45, 2.75) is 80.9 Å². The summed E-state index contributed by atoms with van der Waals surface area (Å²) in [6.45, 7) is 9.47. The standard InChI is InChI=1S/C23H23ClF2N4O2.C21H18ClF3N4O3.C21H19ClF2N4O3.C21H19F3N4O3/c1-14-9-10-30(13-14)21-8-3-16(12-19(21)20-11-15(2)28-29-20)22(31)27-17-4-6-18(7-5-17)32-23(24,25)26;22-21(24,25)32-15-4-2-13(3-5-15)27-20(31)12-1-6-18(29-8-7-14(30)11-29)16(9-12)19-17(23)10-26-28-19;2*22-21(23,24)31-16-4-2-14(3-5-16)26-20(30)13-1-6-19(28-10-8-15(29)12-28)17(11-13)18-7-9-25-27-18/h3-8,11-12,14H,9-10,13H2,1-2H3,(H,27,31)(H,28,29);1-6,9-10,14,30H,7-8,11H2,(H,26,28)(H,27,31);2*1-7,9,11,15,29H,8,10,12H2,(H,25,27)(H,26,30)/t2*14-;2*15-/m1111/s1. The highest BCUT2D eigenvalue weighted by molar-refractivity contribution is 6.21. The minimum Gasteiger partial charge on any atom is -0.420 e.